The summed E-state index contributed by atoms with van der Waals surface area (Å²) in [5.74, 6) is -0.0578. The van der Waals surface area contributed by atoms with Crippen molar-refractivity contribution in [3.8, 4) is 0 Å². The predicted octanol–water partition coefficient (Wildman–Crippen LogP) is 3.35. The Morgan fingerprint density at radius 3 is 2.50 bits per heavy atom. The van der Waals surface area contributed by atoms with Gasteiger partial charge in [0.25, 0.3) is 5.91 Å². The molecule has 24 heavy (non-hydrogen) atoms. The van der Waals surface area contributed by atoms with Crippen molar-refractivity contribution in [2.45, 2.75) is 19.9 Å². The van der Waals surface area contributed by atoms with Crippen molar-refractivity contribution in [3.63, 3.8) is 0 Å². The van der Waals surface area contributed by atoms with Gasteiger partial charge in [0.15, 0.2) is 0 Å². The fraction of sp³-hybridized carbons (Fsp3) is 0.200. The Kier molecular flexibility index (Phi) is 3.65. The van der Waals surface area contributed by atoms with Gasteiger partial charge in [0.1, 0.15) is 0 Å². The molecule has 2 aromatic carbocycles. The fourth-order valence-corrected chi connectivity index (χ4v) is 3.22. The van der Waals surface area contributed by atoms with E-state index in [1.165, 1.54) is 16.1 Å². The molecule has 0 N–H and O–H groups in total. The van der Waals surface area contributed by atoms with Crippen molar-refractivity contribution in [1.29, 1.82) is 0 Å². The molecule has 4 heteroatoms. The van der Waals surface area contributed by atoms with Crippen LogP contribution in [-0.4, -0.2) is 23.1 Å². The molecule has 0 aliphatic carbocycles. The molecule has 0 fully saturated rings. The maximum absolute atomic E-state index is 12.8. The Balaban J connectivity index is 1.58. The van der Waals surface area contributed by atoms with Crippen LogP contribution in [0.15, 0.2) is 71.5 Å². The van der Waals surface area contributed by atoms with E-state index in [1.54, 1.807) is 0 Å². The number of hydrogen-bond donors (Lipinski definition) is 0. The van der Waals surface area contributed by atoms with Crippen LogP contribution < -0.4 is 5.01 Å². The first-order valence-electron chi connectivity index (χ1n) is 8.20. The second-order valence-electron chi connectivity index (χ2n) is 6.17. The Labute approximate surface area is 141 Å². The standard InChI is InChI=1S/C20H19N3O/c1-15-19(20(24)23(21-15)18-9-3-2-4-10-18)14-22-12-11-16-7-5-6-8-17(16)13-22/h2-10,14H,11-13H2,1H3. The summed E-state index contributed by atoms with van der Waals surface area (Å²) in [6, 6.07) is 18.1. The van der Waals surface area contributed by atoms with E-state index in [-0.39, 0.29) is 5.91 Å². The van der Waals surface area contributed by atoms with Gasteiger partial charge in [-0.05, 0) is 36.6 Å². The van der Waals surface area contributed by atoms with Crippen LogP contribution in [-0.2, 0) is 17.8 Å². The lowest BCUT2D eigenvalue weighted by atomic mass is 10.00. The maximum Gasteiger partial charge on any atom is 0.282 e. The third kappa shape index (κ3) is 2.60. The van der Waals surface area contributed by atoms with Crippen LogP contribution in [0.4, 0.5) is 5.69 Å². The molecule has 2 aliphatic heterocycles. The van der Waals surface area contributed by atoms with Gasteiger partial charge in [-0.1, -0.05) is 42.5 Å². The molecule has 0 saturated heterocycles. The topological polar surface area (TPSA) is 35.9 Å². The summed E-state index contributed by atoms with van der Waals surface area (Å²) in [5.41, 5.74) is 4.98. The first-order valence-corrected chi connectivity index (χ1v) is 8.20. The lowest BCUT2D eigenvalue weighted by molar-refractivity contribution is -0.114. The quantitative estimate of drug-likeness (QED) is 0.796. The van der Waals surface area contributed by atoms with Crippen molar-refractivity contribution in [3.05, 3.63) is 77.5 Å². The molecule has 0 bridgehead atoms. The predicted molar refractivity (Wildman–Crippen MR) is 95.7 cm³/mol. The van der Waals surface area contributed by atoms with Crippen LogP contribution in [0.2, 0.25) is 0 Å². The Morgan fingerprint density at radius 1 is 1.00 bits per heavy atom. The van der Waals surface area contributed by atoms with E-state index in [1.807, 2.05) is 43.5 Å². The molecule has 0 aromatic heterocycles. The van der Waals surface area contributed by atoms with Gasteiger partial charge in [-0.2, -0.15) is 10.1 Å². The van der Waals surface area contributed by atoms with Gasteiger partial charge in [-0.3, -0.25) is 4.79 Å². The first kappa shape index (κ1) is 14.7. The molecule has 0 saturated carbocycles. The normalized spacial score (nSPS) is 18.8. The highest BCUT2D eigenvalue weighted by Gasteiger charge is 2.29. The zero-order valence-corrected chi connectivity index (χ0v) is 13.6. The van der Waals surface area contributed by atoms with Gasteiger partial charge in [0, 0.05) is 19.3 Å². The summed E-state index contributed by atoms with van der Waals surface area (Å²) >= 11 is 0. The largest absolute Gasteiger partial charge is 0.372 e. The fourth-order valence-electron chi connectivity index (χ4n) is 3.22. The zero-order chi connectivity index (χ0) is 16.5. The Bertz CT molecular complexity index is 839. The van der Waals surface area contributed by atoms with Gasteiger partial charge in [-0.15, -0.1) is 0 Å². The minimum Gasteiger partial charge on any atom is -0.372 e. The van der Waals surface area contributed by atoms with Gasteiger partial charge < -0.3 is 4.90 Å². The molecule has 2 aliphatic rings. The van der Waals surface area contributed by atoms with E-state index in [2.05, 4.69) is 34.3 Å². The molecule has 2 heterocycles. The molecular formula is C20H19N3O. The Morgan fingerprint density at radius 2 is 1.71 bits per heavy atom. The number of anilines is 1. The highest BCUT2D eigenvalue weighted by Crippen LogP contribution is 2.25. The highest BCUT2D eigenvalue weighted by atomic mass is 16.2. The minimum absolute atomic E-state index is 0.0578. The van der Waals surface area contributed by atoms with Crippen LogP contribution in [0.1, 0.15) is 18.1 Å². The number of hydrogen-bond acceptors (Lipinski definition) is 3. The smallest absolute Gasteiger partial charge is 0.282 e. The van der Waals surface area contributed by atoms with E-state index in [0.29, 0.717) is 5.57 Å². The van der Waals surface area contributed by atoms with Crippen LogP contribution in [0.5, 0.6) is 0 Å². The highest BCUT2D eigenvalue weighted by molar-refractivity contribution is 6.29. The third-order valence-corrected chi connectivity index (χ3v) is 4.54. The van der Waals surface area contributed by atoms with E-state index in [4.69, 9.17) is 0 Å². The van der Waals surface area contributed by atoms with Crippen LogP contribution in [0, 0.1) is 0 Å². The molecule has 4 rings (SSSR count). The zero-order valence-electron chi connectivity index (χ0n) is 13.6. The van der Waals surface area contributed by atoms with Crippen molar-refractivity contribution >= 4 is 17.3 Å². The molecule has 1 amide bonds. The van der Waals surface area contributed by atoms with Crippen molar-refractivity contribution in [1.82, 2.24) is 4.90 Å². The average molecular weight is 317 g/mol. The van der Waals surface area contributed by atoms with Gasteiger partial charge >= 0.3 is 0 Å². The molecule has 4 nitrogen and oxygen atoms in total. The summed E-state index contributed by atoms with van der Waals surface area (Å²) in [7, 11) is 0. The number of para-hydroxylation sites is 1. The molecule has 2 aromatic rings. The number of fused-ring (bicyclic) bond motifs is 1. The summed E-state index contributed by atoms with van der Waals surface area (Å²) in [4.78, 5) is 15.0. The van der Waals surface area contributed by atoms with Gasteiger partial charge in [0.05, 0.1) is 17.0 Å². The average Bonchev–Trinajstić information content (AvgIpc) is 2.90. The van der Waals surface area contributed by atoms with Gasteiger partial charge in [0.2, 0.25) is 0 Å². The molecule has 120 valence electrons. The SMILES string of the molecule is CC1=NN(c2ccccc2)C(=O)C1=CN1CCc2ccccc2C1. The van der Waals surface area contributed by atoms with Crippen molar-refractivity contribution < 1.29 is 4.79 Å². The summed E-state index contributed by atoms with van der Waals surface area (Å²) in [5, 5.41) is 5.92. The second-order valence-corrected chi connectivity index (χ2v) is 6.17. The number of amides is 1. The number of benzene rings is 2. The lowest BCUT2D eigenvalue weighted by Crippen LogP contribution is -2.28. The van der Waals surface area contributed by atoms with E-state index < -0.39 is 0 Å². The minimum atomic E-state index is -0.0578. The summed E-state index contributed by atoms with van der Waals surface area (Å²) in [6.45, 7) is 3.66. The maximum atomic E-state index is 12.8. The van der Waals surface area contributed by atoms with Crippen LogP contribution >= 0.6 is 0 Å². The Hall–Kier alpha value is -2.88. The van der Waals surface area contributed by atoms with E-state index in [9.17, 15) is 4.79 Å². The molecule has 0 spiro atoms. The number of carbonyl (C=O) groups excluding carboxylic acids is 1. The number of hydrazone groups is 1. The van der Waals surface area contributed by atoms with E-state index in [0.717, 1.165) is 30.9 Å². The first-order chi connectivity index (χ1) is 11.7. The number of carbonyl (C=O) groups is 1. The van der Waals surface area contributed by atoms with Crippen LogP contribution in [0.3, 0.4) is 0 Å². The number of nitrogens with zero attached hydrogens (tertiary/aromatic N) is 3. The molecule has 0 radical (unpaired) electrons. The summed E-state index contributed by atoms with van der Waals surface area (Å²) < 4.78 is 0. The molecular weight excluding hydrogens is 298 g/mol. The second kappa shape index (κ2) is 5.96. The van der Waals surface area contributed by atoms with Crippen molar-refractivity contribution in [2.24, 2.45) is 5.10 Å². The summed E-state index contributed by atoms with van der Waals surface area (Å²) in [6.07, 6.45) is 2.98. The van der Waals surface area contributed by atoms with E-state index >= 15 is 0 Å². The monoisotopic (exact) mass is 317 g/mol. The number of rotatable bonds is 2. The third-order valence-electron chi connectivity index (χ3n) is 4.54. The van der Waals surface area contributed by atoms with Crippen molar-refractivity contribution in [2.75, 3.05) is 11.6 Å². The van der Waals surface area contributed by atoms with Gasteiger partial charge in [-0.25, -0.2) is 0 Å². The lowest BCUT2D eigenvalue weighted by Gasteiger charge is -2.28. The van der Waals surface area contributed by atoms with Crippen LogP contribution in [0.25, 0.3) is 0 Å². The molecule has 0 unspecified atom stereocenters. The molecule has 0 atom stereocenters.